The molecule has 0 bridgehead atoms. The fraction of sp³-hybridized carbons (Fsp3) is 0.778. The zero-order valence-corrected chi connectivity index (χ0v) is 29.6. The molecule has 3 aliphatic carbocycles. The molecule has 4 N–H and O–H groups in total. The van der Waals surface area contributed by atoms with Gasteiger partial charge >= 0.3 is 11.9 Å². The van der Waals surface area contributed by atoms with Crippen molar-refractivity contribution in [2.75, 3.05) is 26.9 Å². The molecule has 13 atom stereocenters. The van der Waals surface area contributed by atoms with E-state index in [0.717, 1.165) is 24.0 Å². The van der Waals surface area contributed by atoms with Crippen molar-refractivity contribution in [2.24, 2.45) is 29.1 Å². The van der Waals surface area contributed by atoms with Crippen molar-refractivity contribution in [3.63, 3.8) is 0 Å². The predicted molar refractivity (Wildman–Crippen MR) is 174 cm³/mol. The molecule has 0 aromatic heterocycles. The van der Waals surface area contributed by atoms with Gasteiger partial charge in [-0.1, -0.05) is 37.1 Å². The summed E-state index contributed by atoms with van der Waals surface area (Å²) in [5.41, 5.74) is 0.750. The molecule has 1 aliphatic heterocycles. The summed E-state index contributed by atoms with van der Waals surface area (Å²) in [5, 5.41) is 46.6. The molecule has 5 unspecified atom stereocenters. The van der Waals surface area contributed by atoms with Crippen LogP contribution in [0.1, 0.15) is 67.7 Å². The third-order valence-corrected chi connectivity index (χ3v) is 10.8. The first-order valence-corrected chi connectivity index (χ1v) is 17.0. The lowest BCUT2D eigenvalue weighted by Gasteiger charge is -2.47. The van der Waals surface area contributed by atoms with Crippen LogP contribution in [0.5, 0.6) is 0 Å². The lowest BCUT2D eigenvalue weighted by molar-refractivity contribution is -0.320. The Labute approximate surface area is 284 Å². The van der Waals surface area contributed by atoms with Crippen molar-refractivity contribution >= 4 is 11.9 Å². The molecule has 1 saturated heterocycles. The van der Waals surface area contributed by atoms with Gasteiger partial charge in [-0.05, 0) is 57.4 Å². The minimum Gasteiger partial charge on any atom is -0.465 e. The summed E-state index contributed by atoms with van der Waals surface area (Å²) in [7, 11) is 1.66. The Kier molecular flexibility index (Phi) is 12.4. The molecule has 0 spiro atoms. The van der Waals surface area contributed by atoms with Crippen LogP contribution in [0.2, 0.25) is 0 Å². The second-order valence-corrected chi connectivity index (χ2v) is 14.7. The first-order valence-electron chi connectivity index (χ1n) is 17.0. The van der Waals surface area contributed by atoms with Crippen LogP contribution in [-0.2, 0) is 38.0 Å². The Morgan fingerprint density at radius 1 is 1.10 bits per heavy atom. The van der Waals surface area contributed by atoms with Crippen molar-refractivity contribution in [1.82, 2.24) is 0 Å². The van der Waals surface area contributed by atoms with E-state index in [1.54, 1.807) is 27.0 Å². The number of esters is 2. The molecular formula is C36H56O12. The minimum atomic E-state index is -1.67. The summed E-state index contributed by atoms with van der Waals surface area (Å²) in [4.78, 5) is 23.7. The van der Waals surface area contributed by atoms with Crippen molar-refractivity contribution in [3.05, 3.63) is 35.5 Å². The summed E-state index contributed by atoms with van der Waals surface area (Å²) in [6.07, 6.45) is -4.53. The molecule has 48 heavy (non-hydrogen) atoms. The summed E-state index contributed by atoms with van der Waals surface area (Å²) in [5.74, 6) is -1.65. The number of rotatable bonds is 12. The fourth-order valence-corrected chi connectivity index (χ4v) is 7.89. The molecule has 4 rings (SSSR count). The number of ether oxygens (including phenoxy) is 6. The van der Waals surface area contributed by atoms with Gasteiger partial charge in [0.2, 0.25) is 0 Å². The van der Waals surface area contributed by atoms with Crippen molar-refractivity contribution < 1.29 is 58.4 Å². The maximum Gasteiger partial charge on any atom is 0.303 e. The Bertz CT molecular complexity index is 1240. The Hall–Kier alpha value is -2.16. The van der Waals surface area contributed by atoms with Crippen LogP contribution in [0.4, 0.5) is 0 Å². The van der Waals surface area contributed by atoms with Crippen molar-refractivity contribution in [3.8, 4) is 0 Å². The number of fused-ring (bicyclic) bond motifs is 2. The smallest absolute Gasteiger partial charge is 0.303 e. The van der Waals surface area contributed by atoms with Crippen LogP contribution in [0.15, 0.2) is 35.5 Å². The number of carbonyl (C=O) groups is 2. The molecule has 1 saturated carbocycles. The van der Waals surface area contributed by atoms with Gasteiger partial charge in [0.05, 0.1) is 37.6 Å². The van der Waals surface area contributed by atoms with Gasteiger partial charge in [0.25, 0.3) is 0 Å². The van der Waals surface area contributed by atoms with Crippen LogP contribution in [0.25, 0.3) is 0 Å². The molecule has 12 heteroatoms. The number of hydrogen-bond acceptors (Lipinski definition) is 12. The minimum absolute atomic E-state index is 0.0160. The average Bonchev–Trinajstić information content (AvgIpc) is 3.52. The Morgan fingerprint density at radius 2 is 1.79 bits per heavy atom. The third-order valence-electron chi connectivity index (χ3n) is 10.8. The van der Waals surface area contributed by atoms with Gasteiger partial charge in [-0.2, -0.15) is 0 Å². The number of carbonyl (C=O) groups excluding carboxylic acids is 2. The van der Waals surface area contributed by atoms with E-state index in [9.17, 15) is 30.0 Å². The molecule has 272 valence electrons. The van der Waals surface area contributed by atoms with Gasteiger partial charge in [0, 0.05) is 38.2 Å². The van der Waals surface area contributed by atoms with Crippen LogP contribution >= 0.6 is 0 Å². The molecule has 0 aromatic carbocycles. The number of methoxy groups -OCH3 is 1. The summed E-state index contributed by atoms with van der Waals surface area (Å²) >= 11 is 0. The SMILES string of the molecule is C=CC(C)(C)OCC1OC(O[C@@H]2C3=C([C@H](C)COC(C)=O)C[C@H](O)[C@]3(C)/C=C3/[C@@H](COC)CC[C@H]3[C@@H](C)[C@H]2O)C(O)C(O)C1OC(C)=O. The van der Waals surface area contributed by atoms with E-state index < -0.39 is 72.0 Å². The number of aliphatic hydroxyl groups is 4. The largest absolute Gasteiger partial charge is 0.465 e. The zero-order chi connectivity index (χ0) is 35.7. The lowest BCUT2D eigenvalue weighted by atomic mass is 9.68. The van der Waals surface area contributed by atoms with E-state index in [2.05, 4.69) is 12.7 Å². The highest BCUT2D eigenvalue weighted by Crippen LogP contribution is 2.56. The van der Waals surface area contributed by atoms with Crippen LogP contribution in [0, 0.1) is 29.1 Å². The maximum atomic E-state index is 12.2. The van der Waals surface area contributed by atoms with Gasteiger partial charge < -0.3 is 48.8 Å². The van der Waals surface area contributed by atoms with Gasteiger partial charge in [-0.15, -0.1) is 6.58 Å². The van der Waals surface area contributed by atoms with Crippen molar-refractivity contribution in [1.29, 1.82) is 0 Å². The molecule has 2 fully saturated rings. The Balaban J connectivity index is 1.80. The van der Waals surface area contributed by atoms with E-state index in [0.29, 0.717) is 12.2 Å². The molecule has 12 nitrogen and oxygen atoms in total. The van der Waals surface area contributed by atoms with E-state index in [1.807, 2.05) is 20.8 Å². The highest BCUT2D eigenvalue weighted by Gasteiger charge is 2.56. The average molecular weight is 681 g/mol. The third kappa shape index (κ3) is 7.91. The zero-order valence-electron chi connectivity index (χ0n) is 29.6. The summed E-state index contributed by atoms with van der Waals surface area (Å²) < 4.78 is 35.1. The molecule has 1 heterocycles. The first-order chi connectivity index (χ1) is 22.4. The fourth-order valence-electron chi connectivity index (χ4n) is 7.89. The van der Waals surface area contributed by atoms with E-state index in [-0.39, 0.29) is 43.3 Å². The maximum absolute atomic E-state index is 12.2. The van der Waals surface area contributed by atoms with Gasteiger partial charge in [0.15, 0.2) is 12.4 Å². The Morgan fingerprint density at radius 3 is 2.40 bits per heavy atom. The second kappa shape index (κ2) is 15.4. The monoisotopic (exact) mass is 680 g/mol. The number of aliphatic hydroxyl groups excluding tert-OH is 4. The van der Waals surface area contributed by atoms with E-state index in [4.69, 9.17) is 28.4 Å². The second-order valence-electron chi connectivity index (χ2n) is 14.7. The van der Waals surface area contributed by atoms with E-state index in [1.165, 1.54) is 13.8 Å². The molecule has 4 aliphatic rings. The quantitative estimate of drug-likeness (QED) is 0.176. The summed E-state index contributed by atoms with van der Waals surface area (Å²) in [6.45, 7) is 16.1. The highest BCUT2D eigenvalue weighted by atomic mass is 16.7. The van der Waals surface area contributed by atoms with Crippen LogP contribution in [0.3, 0.4) is 0 Å². The van der Waals surface area contributed by atoms with Gasteiger partial charge in [-0.3, -0.25) is 9.59 Å². The van der Waals surface area contributed by atoms with Crippen LogP contribution < -0.4 is 0 Å². The van der Waals surface area contributed by atoms with Gasteiger partial charge in [0.1, 0.15) is 24.4 Å². The summed E-state index contributed by atoms with van der Waals surface area (Å²) in [6, 6.07) is 0. The van der Waals surface area contributed by atoms with E-state index >= 15 is 0 Å². The van der Waals surface area contributed by atoms with Gasteiger partial charge in [-0.25, -0.2) is 0 Å². The van der Waals surface area contributed by atoms with Crippen molar-refractivity contribution in [2.45, 2.75) is 122 Å². The topological polar surface area (TPSA) is 170 Å². The molecule has 0 amide bonds. The van der Waals surface area contributed by atoms with Crippen LogP contribution in [-0.4, -0.2) is 114 Å². The number of hydrogen-bond donors (Lipinski definition) is 4. The highest BCUT2D eigenvalue weighted by molar-refractivity contribution is 5.66. The lowest BCUT2D eigenvalue weighted by Crippen LogP contribution is -2.62. The standard InChI is InChI=1S/C36H56O12/c1-10-35(6,7)45-17-26-32(46-21(5)38)30(41)31(42)34(47-26)48-33-28-24(18(2)15-44-20(4)37)13-27(39)36(28,8)14-25-22(16-43-9)11-12-23(25)19(3)29(33)40/h10,14,18-19,22-23,26-27,29-34,39-42H,1,11-13,15-17H2,2-9H3/b25-14-/t18-,19-,22-,23+,26?,27+,29-,30?,31?,32?,33-,34?,36+/m1/s1. The normalized spacial score (nSPS) is 40.2. The molecular weight excluding hydrogens is 624 g/mol. The molecule has 0 radical (unpaired) electrons. The first kappa shape index (κ1) is 38.6. The predicted octanol–water partition coefficient (Wildman–Crippen LogP) is 2.61. The molecule has 0 aromatic rings.